The van der Waals surface area contributed by atoms with Crippen molar-refractivity contribution in [2.45, 2.75) is 64.8 Å². The zero-order valence-electron chi connectivity index (χ0n) is 13.9. The van der Waals surface area contributed by atoms with Gasteiger partial charge < -0.3 is 10.1 Å². The minimum Gasteiger partial charge on any atom is -0.493 e. The molecule has 3 atom stereocenters. The molecule has 0 saturated heterocycles. The molecule has 1 fully saturated rings. The standard InChI is InChI=1S/C19H31NO/c1-4-15(3)17-10-6-7-12-19(17)21-14-13-16-9-8-11-18(16)20-5-2/h6-7,10,12,15-16,18,20H,4-5,8-9,11,13-14H2,1-3H3. The Hall–Kier alpha value is -1.02. The molecule has 1 N–H and O–H groups in total. The Morgan fingerprint density at radius 2 is 2.05 bits per heavy atom. The first-order chi connectivity index (χ1) is 10.3. The molecule has 2 rings (SSSR count). The van der Waals surface area contributed by atoms with E-state index < -0.39 is 0 Å². The summed E-state index contributed by atoms with van der Waals surface area (Å²) >= 11 is 0. The predicted molar refractivity (Wildman–Crippen MR) is 90.1 cm³/mol. The van der Waals surface area contributed by atoms with Crippen molar-refractivity contribution < 1.29 is 4.74 Å². The topological polar surface area (TPSA) is 21.3 Å². The molecule has 0 heterocycles. The van der Waals surface area contributed by atoms with Crippen molar-refractivity contribution >= 4 is 0 Å². The molecule has 1 saturated carbocycles. The first-order valence-corrected chi connectivity index (χ1v) is 8.71. The summed E-state index contributed by atoms with van der Waals surface area (Å²) in [6, 6.07) is 9.24. The van der Waals surface area contributed by atoms with E-state index in [2.05, 4.69) is 50.4 Å². The highest BCUT2D eigenvalue weighted by Crippen LogP contribution is 2.31. The van der Waals surface area contributed by atoms with Crippen LogP contribution in [0.25, 0.3) is 0 Å². The normalized spacial score (nSPS) is 23.2. The number of para-hydroxylation sites is 1. The molecule has 1 aliphatic carbocycles. The number of hydrogen-bond donors (Lipinski definition) is 1. The number of rotatable bonds is 8. The molecule has 1 aromatic rings. The van der Waals surface area contributed by atoms with E-state index in [1.807, 2.05) is 0 Å². The van der Waals surface area contributed by atoms with Gasteiger partial charge in [0.2, 0.25) is 0 Å². The highest BCUT2D eigenvalue weighted by atomic mass is 16.5. The minimum atomic E-state index is 0.571. The zero-order valence-corrected chi connectivity index (χ0v) is 13.9. The molecule has 2 heteroatoms. The van der Waals surface area contributed by atoms with Gasteiger partial charge in [0.15, 0.2) is 0 Å². The molecule has 1 aliphatic rings. The molecule has 1 aromatic carbocycles. The molecule has 21 heavy (non-hydrogen) atoms. The Morgan fingerprint density at radius 3 is 2.81 bits per heavy atom. The van der Waals surface area contributed by atoms with E-state index in [4.69, 9.17) is 4.74 Å². The smallest absolute Gasteiger partial charge is 0.122 e. The number of hydrogen-bond acceptors (Lipinski definition) is 2. The SMILES string of the molecule is CCNC1CCCC1CCOc1ccccc1C(C)CC. The number of benzene rings is 1. The van der Waals surface area contributed by atoms with E-state index in [1.54, 1.807) is 0 Å². The van der Waals surface area contributed by atoms with Crippen LogP contribution in [0, 0.1) is 5.92 Å². The monoisotopic (exact) mass is 289 g/mol. The van der Waals surface area contributed by atoms with Crippen molar-refractivity contribution in [3.63, 3.8) is 0 Å². The van der Waals surface area contributed by atoms with Gasteiger partial charge in [-0.2, -0.15) is 0 Å². The van der Waals surface area contributed by atoms with Gasteiger partial charge in [0, 0.05) is 6.04 Å². The van der Waals surface area contributed by atoms with Gasteiger partial charge >= 0.3 is 0 Å². The fraction of sp³-hybridized carbons (Fsp3) is 0.684. The third kappa shape index (κ3) is 4.47. The van der Waals surface area contributed by atoms with E-state index >= 15 is 0 Å². The van der Waals surface area contributed by atoms with Gasteiger partial charge in [-0.15, -0.1) is 0 Å². The molecule has 2 nitrogen and oxygen atoms in total. The average Bonchev–Trinajstić information content (AvgIpc) is 2.95. The van der Waals surface area contributed by atoms with Crippen LogP contribution in [0.3, 0.4) is 0 Å². The highest BCUT2D eigenvalue weighted by molar-refractivity contribution is 5.35. The van der Waals surface area contributed by atoms with E-state index in [-0.39, 0.29) is 0 Å². The lowest BCUT2D eigenvalue weighted by Gasteiger charge is -2.21. The number of nitrogens with one attached hydrogen (secondary N) is 1. The molecule has 0 radical (unpaired) electrons. The van der Waals surface area contributed by atoms with Gasteiger partial charge in [0.1, 0.15) is 5.75 Å². The van der Waals surface area contributed by atoms with E-state index in [0.717, 1.165) is 31.2 Å². The van der Waals surface area contributed by atoms with Crippen LogP contribution < -0.4 is 10.1 Å². The second kappa shape index (κ2) is 8.43. The summed E-state index contributed by atoms with van der Waals surface area (Å²) in [7, 11) is 0. The molecule has 0 aliphatic heterocycles. The molecular formula is C19H31NO. The van der Waals surface area contributed by atoms with Crippen molar-refractivity contribution in [3.8, 4) is 5.75 Å². The van der Waals surface area contributed by atoms with Crippen LogP contribution in [0.15, 0.2) is 24.3 Å². The summed E-state index contributed by atoms with van der Waals surface area (Å²) in [6.07, 6.45) is 6.39. The van der Waals surface area contributed by atoms with Gasteiger partial charge in [0.05, 0.1) is 6.61 Å². The summed E-state index contributed by atoms with van der Waals surface area (Å²) in [4.78, 5) is 0. The lowest BCUT2D eigenvalue weighted by Crippen LogP contribution is -2.32. The third-order valence-corrected chi connectivity index (χ3v) is 4.93. The van der Waals surface area contributed by atoms with Crippen molar-refractivity contribution in [2.75, 3.05) is 13.2 Å². The third-order valence-electron chi connectivity index (χ3n) is 4.93. The number of ether oxygens (including phenoxy) is 1. The molecule has 118 valence electrons. The second-order valence-electron chi connectivity index (χ2n) is 6.34. The Labute approximate surface area is 130 Å². The van der Waals surface area contributed by atoms with E-state index in [1.165, 1.54) is 31.2 Å². The van der Waals surface area contributed by atoms with Crippen LogP contribution in [0.1, 0.15) is 64.4 Å². The van der Waals surface area contributed by atoms with Crippen LogP contribution in [-0.2, 0) is 0 Å². The predicted octanol–water partition coefficient (Wildman–Crippen LogP) is 4.75. The van der Waals surface area contributed by atoms with Gasteiger partial charge in [-0.05, 0) is 55.7 Å². The molecule has 0 aromatic heterocycles. The lowest BCUT2D eigenvalue weighted by molar-refractivity contribution is 0.258. The fourth-order valence-electron chi connectivity index (χ4n) is 3.47. The summed E-state index contributed by atoms with van der Waals surface area (Å²) < 4.78 is 6.12. The van der Waals surface area contributed by atoms with Crippen molar-refractivity contribution in [1.29, 1.82) is 0 Å². The van der Waals surface area contributed by atoms with Crippen LogP contribution in [0.2, 0.25) is 0 Å². The first-order valence-electron chi connectivity index (χ1n) is 8.71. The van der Waals surface area contributed by atoms with Crippen LogP contribution in [0.5, 0.6) is 5.75 Å². The van der Waals surface area contributed by atoms with Crippen molar-refractivity contribution in [3.05, 3.63) is 29.8 Å². The first kappa shape index (κ1) is 16.4. The van der Waals surface area contributed by atoms with E-state index in [9.17, 15) is 0 Å². The summed E-state index contributed by atoms with van der Waals surface area (Å²) in [5.41, 5.74) is 1.36. The maximum Gasteiger partial charge on any atom is 0.122 e. The summed E-state index contributed by atoms with van der Waals surface area (Å²) in [5.74, 6) is 2.45. The van der Waals surface area contributed by atoms with Gasteiger partial charge in [0.25, 0.3) is 0 Å². The van der Waals surface area contributed by atoms with Crippen molar-refractivity contribution in [2.24, 2.45) is 5.92 Å². The Kier molecular flexibility index (Phi) is 6.56. The Balaban J connectivity index is 1.86. The Bertz CT molecular complexity index is 418. The molecule has 3 unspecified atom stereocenters. The lowest BCUT2D eigenvalue weighted by atomic mass is 9.97. The van der Waals surface area contributed by atoms with Crippen LogP contribution in [-0.4, -0.2) is 19.2 Å². The Morgan fingerprint density at radius 1 is 1.24 bits per heavy atom. The summed E-state index contributed by atoms with van der Waals surface area (Å²) in [5, 5.41) is 3.63. The van der Waals surface area contributed by atoms with Crippen molar-refractivity contribution in [1.82, 2.24) is 5.32 Å². The molecular weight excluding hydrogens is 258 g/mol. The summed E-state index contributed by atoms with van der Waals surface area (Å²) in [6.45, 7) is 8.65. The molecule has 0 bridgehead atoms. The maximum atomic E-state index is 6.12. The van der Waals surface area contributed by atoms with Crippen LogP contribution in [0.4, 0.5) is 0 Å². The van der Waals surface area contributed by atoms with Gasteiger partial charge in [-0.25, -0.2) is 0 Å². The second-order valence-corrected chi connectivity index (χ2v) is 6.34. The molecule has 0 spiro atoms. The maximum absolute atomic E-state index is 6.12. The zero-order chi connectivity index (χ0) is 15.1. The minimum absolute atomic E-state index is 0.571. The quantitative estimate of drug-likeness (QED) is 0.746. The molecule has 0 amide bonds. The fourth-order valence-corrected chi connectivity index (χ4v) is 3.47. The van der Waals surface area contributed by atoms with Gasteiger partial charge in [-0.1, -0.05) is 45.4 Å². The van der Waals surface area contributed by atoms with E-state index in [0.29, 0.717) is 12.0 Å². The van der Waals surface area contributed by atoms with Crippen LogP contribution >= 0.6 is 0 Å². The average molecular weight is 289 g/mol. The largest absolute Gasteiger partial charge is 0.493 e. The van der Waals surface area contributed by atoms with Gasteiger partial charge in [-0.3, -0.25) is 0 Å². The highest BCUT2D eigenvalue weighted by Gasteiger charge is 2.26.